The molecule has 12 N–H and O–H groups in total. The van der Waals surface area contributed by atoms with Gasteiger partial charge in [-0.2, -0.15) is 0 Å². The van der Waals surface area contributed by atoms with Crippen LogP contribution in [0.5, 0.6) is 0 Å². The molecule has 1 aliphatic rings. The van der Waals surface area contributed by atoms with Crippen molar-refractivity contribution in [3.8, 4) is 0 Å². The van der Waals surface area contributed by atoms with E-state index in [1.807, 2.05) is 38.0 Å². The summed E-state index contributed by atoms with van der Waals surface area (Å²) in [6.07, 6.45) is -0.842. The minimum atomic E-state index is -0.348. The highest BCUT2D eigenvalue weighted by Gasteiger charge is 2.15. The molecule has 0 amide bonds. The maximum atomic E-state index is 6.04. The number of nitrogens with one attached hydrogen (secondary N) is 8. The second kappa shape index (κ2) is 12.0. The molecule has 1 aliphatic heterocycles. The molecule has 0 radical (unpaired) electrons. The Labute approximate surface area is 144 Å². The van der Waals surface area contributed by atoms with Crippen LogP contribution in [0.2, 0.25) is 0 Å². The van der Waals surface area contributed by atoms with E-state index in [9.17, 15) is 0 Å². The molecule has 0 bridgehead atoms. The Morgan fingerprint density at radius 1 is 0.625 bits per heavy atom. The van der Waals surface area contributed by atoms with E-state index in [-0.39, 0.29) is 25.2 Å². The van der Waals surface area contributed by atoms with Crippen molar-refractivity contribution in [1.82, 2.24) is 52.3 Å². The Kier molecular flexibility index (Phi) is 10.8. The van der Waals surface area contributed by atoms with Crippen LogP contribution in [0.25, 0.3) is 0 Å². The van der Waals surface area contributed by atoms with E-state index in [0.717, 1.165) is 0 Å². The van der Waals surface area contributed by atoms with Crippen molar-refractivity contribution in [2.75, 3.05) is 54.9 Å². The molecule has 1 heterocycles. The second-order valence-electron chi connectivity index (χ2n) is 6.04. The summed E-state index contributed by atoms with van der Waals surface area (Å²) in [5, 5.41) is 25.9. The van der Waals surface area contributed by atoms with Crippen molar-refractivity contribution in [1.29, 1.82) is 0 Å². The standard InChI is InChI=1S/C12H36N12/c1-23(2)11-19-7-15-5-18-10(14)22-12(24(3)4)20-8-16-6-17-9(13)21-11/h9-12,15-22H,5-8,13-14H2,1-4H3. The third kappa shape index (κ3) is 9.12. The van der Waals surface area contributed by atoms with Crippen LogP contribution in [0, 0.1) is 0 Å². The van der Waals surface area contributed by atoms with Gasteiger partial charge in [-0.05, 0) is 28.2 Å². The van der Waals surface area contributed by atoms with Crippen molar-refractivity contribution in [3.63, 3.8) is 0 Å². The second-order valence-corrected chi connectivity index (χ2v) is 6.04. The van der Waals surface area contributed by atoms with E-state index >= 15 is 0 Å². The highest BCUT2D eigenvalue weighted by molar-refractivity contribution is 4.68. The molecule has 12 nitrogen and oxygen atoms in total. The lowest BCUT2D eigenvalue weighted by Gasteiger charge is -2.32. The molecule has 1 rings (SSSR count). The van der Waals surface area contributed by atoms with Gasteiger partial charge in [-0.15, -0.1) is 0 Å². The van der Waals surface area contributed by atoms with Gasteiger partial charge in [0.2, 0.25) is 0 Å². The Morgan fingerprint density at radius 2 is 0.958 bits per heavy atom. The minimum absolute atomic E-state index is 0.0732. The molecule has 0 saturated carbocycles. The number of rotatable bonds is 2. The summed E-state index contributed by atoms with van der Waals surface area (Å²) in [7, 11) is 7.88. The molecule has 24 heavy (non-hydrogen) atoms. The fourth-order valence-electron chi connectivity index (χ4n) is 2.07. The largest absolute Gasteiger partial charge is 0.303 e. The van der Waals surface area contributed by atoms with Gasteiger partial charge in [-0.25, -0.2) is 0 Å². The highest BCUT2D eigenvalue weighted by Crippen LogP contribution is 1.85. The van der Waals surface area contributed by atoms with Gasteiger partial charge in [0.25, 0.3) is 0 Å². The van der Waals surface area contributed by atoms with E-state index in [1.165, 1.54) is 0 Å². The first-order chi connectivity index (χ1) is 11.4. The van der Waals surface area contributed by atoms with E-state index in [4.69, 9.17) is 11.5 Å². The highest BCUT2D eigenvalue weighted by atomic mass is 15.5. The predicted molar refractivity (Wildman–Crippen MR) is 95.5 cm³/mol. The predicted octanol–water partition coefficient (Wildman–Crippen LogP) is -5.28. The SMILES string of the molecule is CN(C)C1NCNCNC(N)NC(N(C)C)NCNCNC(N)N1. The number of nitrogens with two attached hydrogens (primary N) is 2. The Morgan fingerprint density at radius 3 is 1.29 bits per heavy atom. The summed E-state index contributed by atoms with van der Waals surface area (Å²) < 4.78 is 0. The van der Waals surface area contributed by atoms with Crippen molar-refractivity contribution < 1.29 is 0 Å². The number of hydrogen-bond acceptors (Lipinski definition) is 12. The molecule has 4 atom stereocenters. The fourth-order valence-corrected chi connectivity index (χ4v) is 2.07. The average Bonchev–Trinajstić information content (AvgIpc) is 2.50. The van der Waals surface area contributed by atoms with Gasteiger partial charge < -0.3 is 11.5 Å². The van der Waals surface area contributed by atoms with Crippen LogP contribution in [0.4, 0.5) is 0 Å². The van der Waals surface area contributed by atoms with Crippen LogP contribution >= 0.6 is 0 Å². The van der Waals surface area contributed by atoms with Crippen LogP contribution in [-0.2, 0) is 0 Å². The van der Waals surface area contributed by atoms with Gasteiger partial charge in [0.05, 0.1) is 0 Å². The zero-order valence-corrected chi connectivity index (χ0v) is 15.2. The maximum Gasteiger partial charge on any atom is 0.117 e. The Bertz CT molecular complexity index is 284. The molecule has 144 valence electrons. The van der Waals surface area contributed by atoms with Gasteiger partial charge in [0.15, 0.2) is 0 Å². The first-order valence-electron chi connectivity index (χ1n) is 8.11. The summed E-state index contributed by atoms with van der Waals surface area (Å²) >= 11 is 0. The smallest absolute Gasteiger partial charge is 0.117 e. The molecule has 4 unspecified atom stereocenters. The van der Waals surface area contributed by atoms with Crippen LogP contribution < -0.4 is 54.0 Å². The summed E-state index contributed by atoms with van der Waals surface area (Å²) in [5.74, 6) is 0. The van der Waals surface area contributed by atoms with Crippen LogP contribution in [0.15, 0.2) is 0 Å². The van der Waals surface area contributed by atoms with Crippen molar-refractivity contribution in [3.05, 3.63) is 0 Å². The van der Waals surface area contributed by atoms with E-state index in [2.05, 4.69) is 42.5 Å². The Balaban J connectivity index is 2.54. The van der Waals surface area contributed by atoms with E-state index in [1.54, 1.807) is 0 Å². The maximum absolute atomic E-state index is 6.04. The van der Waals surface area contributed by atoms with Crippen molar-refractivity contribution >= 4 is 0 Å². The van der Waals surface area contributed by atoms with Crippen LogP contribution in [0.3, 0.4) is 0 Å². The summed E-state index contributed by atoms with van der Waals surface area (Å²) in [6.45, 7) is 2.31. The third-order valence-electron chi connectivity index (χ3n) is 3.44. The van der Waals surface area contributed by atoms with Gasteiger partial charge in [-0.3, -0.25) is 52.3 Å². The van der Waals surface area contributed by atoms with Crippen LogP contribution in [0.1, 0.15) is 0 Å². The van der Waals surface area contributed by atoms with Gasteiger partial charge >= 0.3 is 0 Å². The van der Waals surface area contributed by atoms with Gasteiger partial charge in [-0.1, -0.05) is 0 Å². The van der Waals surface area contributed by atoms with Gasteiger partial charge in [0, 0.05) is 26.7 Å². The lowest BCUT2D eigenvalue weighted by atomic mass is 10.6. The summed E-state index contributed by atoms with van der Waals surface area (Å²) in [4.78, 5) is 4.01. The molecule has 12 heteroatoms. The summed E-state index contributed by atoms with van der Waals surface area (Å²) in [6, 6.07) is 0. The molecule has 1 saturated heterocycles. The monoisotopic (exact) mass is 348 g/mol. The molecular weight excluding hydrogens is 312 g/mol. The molecule has 0 spiro atoms. The number of nitrogens with zero attached hydrogens (tertiary/aromatic N) is 2. The van der Waals surface area contributed by atoms with Crippen LogP contribution in [-0.4, -0.2) is 89.8 Å². The zero-order valence-electron chi connectivity index (χ0n) is 15.2. The number of hydrogen-bond donors (Lipinski definition) is 10. The quantitative estimate of drug-likeness (QED) is 0.232. The topological polar surface area (TPSA) is 155 Å². The molecule has 0 aliphatic carbocycles. The summed E-state index contributed by atoms with van der Waals surface area (Å²) in [5.41, 5.74) is 12.1. The average molecular weight is 349 g/mol. The molecule has 0 aromatic carbocycles. The van der Waals surface area contributed by atoms with E-state index < -0.39 is 0 Å². The van der Waals surface area contributed by atoms with Gasteiger partial charge in [0.1, 0.15) is 25.2 Å². The Hall–Kier alpha value is -0.480. The normalized spacial score (nSPS) is 33.0. The lowest BCUT2D eigenvalue weighted by Crippen LogP contribution is -2.66. The van der Waals surface area contributed by atoms with E-state index in [0.29, 0.717) is 26.7 Å². The lowest BCUT2D eigenvalue weighted by molar-refractivity contribution is 0.157. The molecular formula is C12H36N12. The fraction of sp³-hybridized carbons (Fsp3) is 1.00. The molecule has 0 aromatic heterocycles. The first-order valence-corrected chi connectivity index (χ1v) is 8.11. The van der Waals surface area contributed by atoms with Crippen molar-refractivity contribution in [2.45, 2.75) is 25.2 Å². The molecule has 0 aromatic rings. The minimum Gasteiger partial charge on any atom is -0.303 e. The first kappa shape index (κ1) is 21.6. The molecule has 1 fully saturated rings. The van der Waals surface area contributed by atoms with Crippen molar-refractivity contribution in [2.24, 2.45) is 11.5 Å². The zero-order chi connectivity index (χ0) is 17.9. The third-order valence-corrected chi connectivity index (χ3v) is 3.44.